The quantitative estimate of drug-likeness (QED) is 0.707. The summed E-state index contributed by atoms with van der Waals surface area (Å²) in [6, 6.07) is 7.99. The summed E-state index contributed by atoms with van der Waals surface area (Å²) >= 11 is 6.14. The topological polar surface area (TPSA) is 45.8 Å². The Labute approximate surface area is 133 Å². The molecule has 0 saturated carbocycles. The van der Waals surface area contributed by atoms with Crippen molar-refractivity contribution in [3.8, 4) is 11.1 Å². The molecule has 3 nitrogen and oxygen atoms in total. The smallest absolute Gasteiger partial charge is 0.152 e. The van der Waals surface area contributed by atoms with E-state index < -0.39 is 0 Å². The number of nitrogens with zero attached hydrogens (tertiary/aromatic N) is 1. The van der Waals surface area contributed by atoms with Gasteiger partial charge in [0.2, 0.25) is 0 Å². The summed E-state index contributed by atoms with van der Waals surface area (Å²) < 4.78 is 0. The van der Waals surface area contributed by atoms with Gasteiger partial charge in [-0.1, -0.05) is 17.7 Å². The van der Waals surface area contributed by atoms with E-state index in [-0.39, 0.29) is 5.78 Å². The molecule has 0 aliphatic heterocycles. The van der Waals surface area contributed by atoms with Gasteiger partial charge >= 0.3 is 0 Å². The fourth-order valence-electron chi connectivity index (χ4n) is 2.43. The van der Waals surface area contributed by atoms with Crippen molar-refractivity contribution in [1.82, 2.24) is 9.97 Å². The number of allylic oxidation sites excluding steroid dienone is 1. The highest BCUT2D eigenvalue weighted by molar-refractivity contribution is 6.31. The summed E-state index contributed by atoms with van der Waals surface area (Å²) in [7, 11) is 0. The summed E-state index contributed by atoms with van der Waals surface area (Å²) in [5, 5.41) is 1.69. The van der Waals surface area contributed by atoms with Crippen molar-refractivity contribution in [2.45, 2.75) is 13.8 Å². The van der Waals surface area contributed by atoms with Gasteiger partial charge in [-0.3, -0.25) is 4.79 Å². The van der Waals surface area contributed by atoms with Crippen LogP contribution in [-0.4, -0.2) is 15.8 Å². The first-order valence-electron chi connectivity index (χ1n) is 6.96. The molecule has 2 aromatic heterocycles. The van der Waals surface area contributed by atoms with Crippen LogP contribution < -0.4 is 0 Å². The number of aromatic nitrogens is 2. The molecule has 0 amide bonds. The fraction of sp³-hybridized carbons (Fsp3) is 0.111. The Bertz CT molecular complexity index is 873. The average Bonchev–Trinajstić information content (AvgIpc) is 2.86. The number of halogens is 1. The number of H-pyrrole nitrogens is 1. The molecule has 2 heterocycles. The van der Waals surface area contributed by atoms with Crippen LogP contribution in [0.25, 0.3) is 28.2 Å². The van der Waals surface area contributed by atoms with Crippen molar-refractivity contribution in [3.05, 3.63) is 58.9 Å². The Morgan fingerprint density at radius 3 is 2.77 bits per heavy atom. The predicted molar refractivity (Wildman–Crippen MR) is 91.0 cm³/mol. The maximum atomic E-state index is 11.1. The summed E-state index contributed by atoms with van der Waals surface area (Å²) in [6.07, 6.45) is 7.03. The minimum absolute atomic E-state index is 0.0175. The van der Waals surface area contributed by atoms with Gasteiger partial charge in [0.05, 0.1) is 0 Å². The SMILES string of the molecule is CC(=O)/C=C/c1c[nH]c2ncc(-c3cc(C)cc(Cl)c3)cc12. The van der Waals surface area contributed by atoms with Gasteiger partial charge in [0.1, 0.15) is 5.65 Å². The van der Waals surface area contributed by atoms with Crippen LogP contribution in [0.15, 0.2) is 42.7 Å². The molecule has 1 N–H and O–H groups in total. The molecule has 3 rings (SSSR count). The minimum Gasteiger partial charge on any atom is -0.346 e. The average molecular weight is 311 g/mol. The van der Waals surface area contributed by atoms with E-state index in [9.17, 15) is 4.79 Å². The molecule has 0 bridgehead atoms. The number of rotatable bonds is 3. The number of hydrogen-bond acceptors (Lipinski definition) is 2. The van der Waals surface area contributed by atoms with Crippen LogP contribution >= 0.6 is 11.6 Å². The standard InChI is InChI=1S/C18H15ClN2O/c1-11-5-14(7-16(19)6-11)15-8-17-13(4-3-12(2)22)9-20-18(17)21-10-15/h3-10H,1-2H3,(H,20,21)/b4-3+. The Kier molecular flexibility index (Phi) is 3.82. The molecule has 22 heavy (non-hydrogen) atoms. The van der Waals surface area contributed by atoms with Crippen LogP contribution in [0.1, 0.15) is 18.1 Å². The van der Waals surface area contributed by atoms with Gasteiger partial charge in [-0.05, 0) is 55.3 Å². The van der Waals surface area contributed by atoms with Crippen LogP contribution in [-0.2, 0) is 4.79 Å². The molecule has 0 fully saturated rings. The van der Waals surface area contributed by atoms with Gasteiger partial charge in [-0.15, -0.1) is 0 Å². The van der Waals surface area contributed by atoms with E-state index in [1.165, 1.54) is 6.92 Å². The first-order chi connectivity index (χ1) is 10.5. The van der Waals surface area contributed by atoms with E-state index in [4.69, 9.17) is 11.6 Å². The number of aryl methyl sites for hydroxylation is 1. The number of benzene rings is 1. The molecule has 110 valence electrons. The lowest BCUT2D eigenvalue weighted by Crippen LogP contribution is -1.84. The number of aromatic amines is 1. The van der Waals surface area contributed by atoms with Crippen LogP contribution in [0.2, 0.25) is 5.02 Å². The number of nitrogens with one attached hydrogen (secondary N) is 1. The summed E-state index contributed by atoms with van der Waals surface area (Å²) in [6.45, 7) is 3.54. The Morgan fingerprint density at radius 1 is 1.23 bits per heavy atom. The van der Waals surface area contributed by atoms with Crippen LogP contribution in [0, 0.1) is 6.92 Å². The zero-order valence-corrected chi connectivity index (χ0v) is 13.1. The highest BCUT2D eigenvalue weighted by Crippen LogP contribution is 2.28. The molecule has 3 aromatic rings. The summed E-state index contributed by atoms with van der Waals surface area (Å²) in [5.41, 5.74) is 4.87. The van der Waals surface area contributed by atoms with Gasteiger partial charge in [-0.2, -0.15) is 0 Å². The van der Waals surface area contributed by atoms with Gasteiger partial charge in [0.25, 0.3) is 0 Å². The summed E-state index contributed by atoms with van der Waals surface area (Å²) in [5.74, 6) is 0.0175. The first kappa shape index (κ1) is 14.5. The van der Waals surface area contributed by atoms with Crippen molar-refractivity contribution in [2.75, 3.05) is 0 Å². The number of carbonyl (C=O) groups excluding carboxylic acids is 1. The molecule has 0 radical (unpaired) electrons. The van der Waals surface area contributed by atoms with Crippen molar-refractivity contribution in [1.29, 1.82) is 0 Å². The number of carbonyl (C=O) groups is 1. The third-order valence-electron chi connectivity index (χ3n) is 3.44. The van der Waals surface area contributed by atoms with Crippen LogP contribution in [0.4, 0.5) is 0 Å². The number of ketones is 1. The maximum Gasteiger partial charge on any atom is 0.152 e. The molecular weight excluding hydrogens is 296 g/mol. The van der Waals surface area contributed by atoms with Gasteiger partial charge in [0.15, 0.2) is 5.78 Å². The first-order valence-corrected chi connectivity index (χ1v) is 7.34. The lowest BCUT2D eigenvalue weighted by atomic mass is 10.0. The number of hydrogen-bond donors (Lipinski definition) is 1. The Hall–Kier alpha value is -2.39. The van der Waals surface area contributed by atoms with E-state index in [1.54, 1.807) is 12.2 Å². The van der Waals surface area contributed by atoms with Crippen molar-refractivity contribution in [2.24, 2.45) is 0 Å². The van der Waals surface area contributed by atoms with E-state index in [0.717, 1.165) is 33.3 Å². The molecular formula is C18H15ClN2O. The Balaban J connectivity index is 2.12. The number of fused-ring (bicyclic) bond motifs is 1. The van der Waals surface area contributed by atoms with Gasteiger partial charge in [-0.25, -0.2) is 4.98 Å². The highest BCUT2D eigenvalue weighted by atomic mass is 35.5. The zero-order chi connectivity index (χ0) is 15.7. The van der Waals surface area contributed by atoms with E-state index >= 15 is 0 Å². The largest absolute Gasteiger partial charge is 0.346 e. The lowest BCUT2D eigenvalue weighted by molar-refractivity contribution is -0.112. The molecule has 0 saturated heterocycles. The fourth-order valence-corrected chi connectivity index (χ4v) is 2.72. The van der Waals surface area contributed by atoms with Crippen LogP contribution in [0.3, 0.4) is 0 Å². The normalized spacial score (nSPS) is 11.4. The second-order valence-corrected chi connectivity index (χ2v) is 5.76. The molecule has 0 spiro atoms. The molecule has 4 heteroatoms. The van der Waals surface area contributed by atoms with E-state index in [2.05, 4.69) is 22.1 Å². The molecule has 0 aliphatic rings. The summed E-state index contributed by atoms with van der Waals surface area (Å²) in [4.78, 5) is 18.7. The van der Waals surface area contributed by atoms with E-state index in [1.807, 2.05) is 31.5 Å². The number of pyridine rings is 1. The molecule has 1 aromatic carbocycles. The predicted octanol–water partition coefficient (Wildman–Crippen LogP) is 4.79. The van der Waals surface area contributed by atoms with Gasteiger partial charge in [0, 0.05) is 33.9 Å². The van der Waals surface area contributed by atoms with Crippen molar-refractivity contribution < 1.29 is 4.79 Å². The second kappa shape index (κ2) is 5.78. The van der Waals surface area contributed by atoms with E-state index in [0.29, 0.717) is 5.02 Å². The molecule has 0 atom stereocenters. The third kappa shape index (κ3) is 2.95. The second-order valence-electron chi connectivity index (χ2n) is 5.33. The maximum absolute atomic E-state index is 11.1. The monoisotopic (exact) mass is 310 g/mol. The van der Waals surface area contributed by atoms with Crippen molar-refractivity contribution in [3.63, 3.8) is 0 Å². The van der Waals surface area contributed by atoms with Crippen molar-refractivity contribution >= 4 is 34.5 Å². The zero-order valence-electron chi connectivity index (χ0n) is 12.4. The highest BCUT2D eigenvalue weighted by Gasteiger charge is 2.07. The Morgan fingerprint density at radius 2 is 2.05 bits per heavy atom. The minimum atomic E-state index is 0.0175. The van der Waals surface area contributed by atoms with Crippen LogP contribution in [0.5, 0.6) is 0 Å². The lowest BCUT2D eigenvalue weighted by Gasteiger charge is -2.04. The molecule has 0 aliphatic carbocycles. The molecule has 0 unspecified atom stereocenters. The van der Waals surface area contributed by atoms with Gasteiger partial charge < -0.3 is 4.98 Å². The third-order valence-corrected chi connectivity index (χ3v) is 3.65.